The van der Waals surface area contributed by atoms with Gasteiger partial charge >= 0.3 is 0 Å². The van der Waals surface area contributed by atoms with Crippen molar-refractivity contribution < 1.29 is 14.3 Å². The van der Waals surface area contributed by atoms with Crippen molar-refractivity contribution in [2.24, 2.45) is 10.9 Å². The SMILES string of the molecule is N#Cc1cccc(N2CC=C(C/C=C\C=C/N)OC3=C2C(=O)c2c(N)ccc(N=O)c2C3=O)c1. The Morgan fingerprint density at radius 1 is 1.15 bits per heavy atom. The minimum atomic E-state index is -0.674. The number of fused-ring (bicyclic) bond motifs is 1. The van der Waals surface area contributed by atoms with E-state index in [2.05, 4.69) is 11.2 Å². The molecule has 4 rings (SSSR count). The van der Waals surface area contributed by atoms with Crippen LogP contribution in [0.15, 0.2) is 89.3 Å². The van der Waals surface area contributed by atoms with E-state index in [0.717, 1.165) is 0 Å². The molecular formula is C25H19N5O4. The summed E-state index contributed by atoms with van der Waals surface area (Å²) < 4.78 is 5.96. The molecule has 2 aromatic carbocycles. The first-order valence-electron chi connectivity index (χ1n) is 10.3. The molecule has 0 amide bonds. The van der Waals surface area contributed by atoms with Crippen molar-refractivity contribution in [1.82, 2.24) is 0 Å². The number of ether oxygens (including phenoxy) is 1. The lowest BCUT2D eigenvalue weighted by molar-refractivity contribution is 0.0911. The lowest BCUT2D eigenvalue weighted by Gasteiger charge is -2.29. The summed E-state index contributed by atoms with van der Waals surface area (Å²) in [5.41, 5.74) is 11.8. The van der Waals surface area contributed by atoms with Crippen LogP contribution in [0.1, 0.15) is 32.7 Å². The lowest BCUT2D eigenvalue weighted by atomic mass is 9.88. The molecule has 0 atom stereocenters. The lowest BCUT2D eigenvalue weighted by Crippen LogP contribution is -2.34. The van der Waals surface area contributed by atoms with E-state index >= 15 is 0 Å². The summed E-state index contributed by atoms with van der Waals surface area (Å²) in [6.45, 7) is 0.184. The monoisotopic (exact) mass is 453 g/mol. The zero-order chi connectivity index (χ0) is 24.2. The zero-order valence-electron chi connectivity index (χ0n) is 17.9. The highest BCUT2D eigenvalue weighted by Gasteiger charge is 2.41. The van der Waals surface area contributed by atoms with Crippen LogP contribution in [0.2, 0.25) is 0 Å². The summed E-state index contributed by atoms with van der Waals surface area (Å²) >= 11 is 0. The first kappa shape index (κ1) is 22.2. The van der Waals surface area contributed by atoms with E-state index in [9.17, 15) is 19.8 Å². The molecule has 0 saturated heterocycles. The molecule has 2 aliphatic rings. The van der Waals surface area contributed by atoms with E-state index in [-0.39, 0.29) is 40.5 Å². The van der Waals surface area contributed by atoms with Gasteiger partial charge in [-0.1, -0.05) is 18.2 Å². The highest BCUT2D eigenvalue weighted by Crippen LogP contribution is 2.40. The fourth-order valence-corrected chi connectivity index (χ4v) is 3.83. The Labute approximate surface area is 194 Å². The Morgan fingerprint density at radius 3 is 2.71 bits per heavy atom. The van der Waals surface area contributed by atoms with E-state index in [4.69, 9.17) is 16.2 Å². The Bertz CT molecular complexity index is 1380. The molecule has 0 spiro atoms. The summed E-state index contributed by atoms with van der Waals surface area (Å²) in [5, 5.41) is 12.2. The number of nitroso groups, excluding NO2 is 1. The Balaban J connectivity index is 1.91. The molecule has 1 heterocycles. The molecule has 0 fully saturated rings. The number of hydrogen-bond donors (Lipinski definition) is 2. The van der Waals surface area contributed by atoms with Crippen LogP contribution in [0.25, 0.3) is 0 Å². The highest BCUT2D eigenvalue weighted by atomic mass is 16.5. The van der Waals surface area contributed by atoms with Gasteiger partial charge in [0.15, 0.2) is 0 Å². The number of hydrogen-bond acceptors (Lipinski definition) is 9. The third-order valence-corrected chi connectivity index (χ3v) is 5.37. The van der Waals surface area contributed by atoms with E-state index in [1.54, 1.807) is 53.5 Å². The Morgan fingerprint density at radius 2 is 1.97 bits per heavy atom. The average molecular weight is 453 g/mol. The van der Waals surface area contributed by atoms with Crippen LogP contribution < -0.4 is 16.4 Å². The van der Waals surface area contributed by atoms with Crippen LogP contribution in [0.3, 0.4) is 0 Å². The van der Waals surface area contributed by atoms with Gasteiger partial charge in [0.1, 0.15) is 17.1 Å². The summed E-state index contributed by atoms with van der Waals surface area (Å²) in [6, 6.07) is 11.4. The number of nitrogens with zero attached hydrogens (tertiary/aromatic N) is 3. The number of nitriles is 1. The van der Waals surface area contributed by atoms with Crippen molar-refractivity contribution in [2.45, 2.75) is 6.42 Å². The van der Waals surface area contributed by atoms with Crippen LogP contribution in [-0.4, -0.2) is 18.1 Å². The maximum absolute atomic E-state index is 13.7. The fraction of sp³-hybridized carbons (Fsp3) is 0.0800. The van der Waals surface area contributed by atoms with E-state index in [1.807, 2.05) is 0 Å². The van der Waals surface area contributed by atoms with Crippen molar-refractivity contribution in [3.05, 3.63) is 106 Å². The van der Waals surface area contributed by atoms with Crippen LogP contribution >= 0.6 is 0 Å². The molecular weight excluding hydrogens is 434 g/mol. The minimum absolute atomic E-state index is 0.0283. The Hall–Kier alpha value is -4.97. The van der Waals surface area contributed by atoms with Crippen molar-refractivity contribution in [2.75, 3.05) is 17.2 Å². The smallest absolute Gasteiger partial charge is 0.233 e. The largest absolute Gasteiger partial charge is 0.455 e. The third kappa shape index (κ3) is 3.84. The molecule has 0 saturated carbocycles. The molecule has 34 heavy (non-hydrogen) atoms. The molecule has 0 unspecified atom stereocenters. The number of carbonyl (C=O) groups excluding carboxylic acids is 2. The van der Waals surface area contributed by atoms with Gasteiger partial charge in [-0.3, -0.25) is 9.59 Å². The number of nitrogen functional groups attached to an aromatic ring is 1. The molecule has 0 aromatic heterocycles. The van der Waals surface area contributed by atoms with Gasteiger partial charge < -0.3 is 21.1 Å². The maximum Gasteiger partial charge on any atom is 0.233 e. The van der Waals surface area contributed by atoms with E-state index < -0.39 is 11.6 Å². The van der Waals surface area contributed by atoms with Gasteiger partial charge in [-0.25, -0.2) is 0 Å². The molecule has 9 heteroatoms. The summed E-state index contributed by atoms with van der Waals surface area (Å²) in [4.78, 5) is 40.3. The number of anilines is 2. The molecule has 0 radical (unpaired) electrons. The highest BCUT2D eigenvalue weighted by molar-refractivity contribution is 6.30. The number of Topliss-reactive ketones (excluding diaryl/α,β-unsaturated/α-hetero) is 2. The normalized spacial score (nSPS) is 15.5. The maximum atomic E-state index is 13.7. The molecule has 0 bridgehead atoms. The van der Waals surface area contributed by atoms with E-state index in [0.29, 0.717) is 23.4 Å². The quantitative estimate of drug-likeness (QED) is 0.392. The molecule has 2 aromatic rings. The van der Waals surface area contributed by atoms with Gasteiger partial charge in [0.2, 0.25) is 17.3 Å². The fourth-order valence-electron chi connectivity index (χ4n) is 3.83. The standard InChI is InChI=1S/C25H19N5O4/c26-11-3-1-2-7-17-10-12-30(16-6-4-5-15(13-16)14-27)22-23(31)20-18(28)8-9-19(29-33)21(20)24(32)25(22)34-17/h1-6,8-11,13H,7,12,26,28H2/b2-1-,11-3-. The first-order chi connectivity index (χ1) is 16.5. The minimum Gasteiger partial charge on any atom is -0.455 e. The number of carbonyl (C=O) groups is 2. The van der Waals surface area contributed by atoms with Crippen molar-refractivity contribution in [3.8, 4) is 6.07 Å². The predicted molar refractivity (Wildman–Crippen MR) is 127 cm³/mol. The summed E-state index contributed by atoms with van der Waals surface area (Å²) in [6.07, 6.45) is 8.57. The summed E-state index contributed by atoms with van der Waals surface area (Å²) in [7, 11) is 0. The van der Waals surface area contributed by atoms with Crippen molar-refractivity contribution in [1.29, 1.82) is 5.26 Å². The van der Waals surface area contributed by atoms with E-state index in [1.165, 1.54) is 18.3 Å². The van der Waals surface area contributed by atoms with Crippen LogP contribution in [0.5, 0.6) is 0 Å². The number of rotatable bonds is 5. The first-order valence-corrected chi connectivity index (χ1v) is 10.3. The second kappa shape index (κ2) is 9.26. The summed E-state index contributed by atoms with van der Waals surface area (Å²) in [5.74, 6) is -1.07. The van der Waals surface area contributed by atoms with Gasteiger partial charge in [-0.15, -0.1) is 4.91 Å². The number of benzene rings is 2. The van der Waals surface area contributed by atoms with Crippen LogP contribution in [-0.2, 0) is 4.74 Å². The average Bonchev–Trinajstić information content (AvgIpc) is 3.05. The van der Waals surface area contributed by atoms with Gasteiger partial charge in [-0.05, 0) is 53.9 Å². The van der Waals surface area contributed by atoms with Gasteiger partial charge in [0.05, 0.1) is 22.8 Å². The number of allylic oxidation sites excluding steroid dienone is 5. The van der Waals surface area contributed by atoms with Crippen LogP contribution in [0, 0.1) is 16.2 Å². The molecule has 1 aliphatic carbocycles. The van der Waals surface area contributed by atoms with Gasteiger partial charge in [0, 0.05) is 24.3 Å². The predicted octanol–water partition coefficient (Wildman–Crippen LogP) is 3.97. The van der Waals surface area contributed by atoms with Crippen molar-refractivity contribution >= 4 is 28.6 Å². The van der Waals surface area contributed by atoms with Crippen molar-refractivity contribution in [3.63, 3.8) is 0 Å². The zero-order valence-corrected chi connectivity index (χ0v) is 17.9. The molecule has 1 aliphatic heterocycles. The van der Waals surface area contributed by atoms with Gasteiger partial charge in [-0.2, -0.15) is 5.26 Å². The Kier molecular flexibility index (Phi) is 6.05. The van der Waals surface area contributed by atoms with Gasteiger partial charge in [0.25, 0.3) is 0 Å². The van der Waals surface area contributed by atoms with Crippen LogP contribution in [0.4, 0.5) is 17.1 Å². The third-order valence-electron chi connectivity index (χ3n) is 5.37. The second-order valence-electron chi connectivity index (χ2n) is 7.41. The topological polar surface area (TPSA) is 152 Å². The molecule has 4 N–H and O–H groups in total. The number of ketones is 2. The molecule has 168 valence electrons. The second-order valence-corrected chi connectivity index (χ2v) is 7.41. The molecule has 9 nitrogen and oxygen atoms in total. The number of nitrogens with two attached hydrogens (primary N) is 2.